The summed E-state index contributed by atoms with van der Waals surface area (Å²) in [7, 11) is 0. The van der Waals surface area contributed by atoms with Crippen molar-refractivity contribution in [2.45, 2.75) is 27.2 Å². The molecule has 2 aromatic rings. The van der Waals surface area contributed by atoms with Crippen LogP contribution in [0.1, 0.15) is 47.9 Å². The molecule has 0 saturated carbocycles. The van der Waals surface area contributed by atoms with Crippen molar-refractivity contribution in [2.24, 2.45) is 0 Å². The van der Waals surface area contributed by atoms with Crippen molar-refractivity contribution in [3.63, 3.8) is 0 Å². The van der Waals surface area contributed by atoms with Crippen molar-refractivity contribution in [2.75, 3.05) is 18.0 Å². The molecule has 126 valence electrons. The molecule has 2 aromatic carbocycles. The van der Waals surface area contributed by atoms with Gasteiger partial charge in [0.05, 0.1) is 5.56 Å². The molecule has 4 heteroatoms. The first-order chi connectivity index (χ1) is 11.6. The lowest BCUT2D eigenvalue weighted by Gasteiger charge is -2.20. The van der Waals surface area contributed by atoms with Crippen molar-refractivity contribution >= 4 is 17.4 Å². The van der Waals surface area contributed by atoms with Gasteiger partial charge in [-0.2, -0.15) is 0 Å². The van der Waals surface area contributed by atoms with Crippen molar-refractivity contribution in [3.8, 4) is 5.75 Å². The predicted octanol–water partition coefficient (Wildman–Crippen LogP) is 4.34. The summed E-state index contributed by atoms with van der Waals surface area (Å²) in [6.07, 6.45) is 0.456. The number of hydrogen-bond donors (Lipinski definition) is 0. The van der Waals surface area contributed by atoms with Gasteiger partial charge in [-0.05, 0) is 62.4 Å². The fourth-order valence-electron chi connectivity index (χ4n) is 2.48. The summed E-state index contributed by atoms with van der Waals surface area (Å²) in [5.41, 5.74) is 2.21. The Morgan fingerprint density at radius 2 is 1.38 bits per heavy atom. The maximum atomic E-state index is 12.2. The van der Waals surface area contributed by atoms with E-state index in [9.17, 15) is 9.59 Å². The molecule has 0 radical (unpaired) electrons. The second kappa shape index (κ2) is 8.29. The summed E-state index contributed by atoms with van der Waals surface area (Å²) in [5.74, 6) is 0.0935. The number of carbonyl (C=O) groups excluding carboxylic acids is 2. The molecule has 0 saturated heterocycles. The molecule has 0 aliphatic rings. The third-order valence-electron chi connectivity index (χ3n) is 3.94. The van der Waals surface area contributed by atoms with Crippen LogP contribution in [-0.4, -0.2) is 24.8 Å². The highest BCUT2D eigenvalue weighted by atomic mass is 16.5. The van der Waals surface area contributed by atoms with Crippen LogP contribution in [0.15, 0.2) is 48.5 Å². The molecule has 0 N–H and O–H groups in total. The zero-order valence-electron chi connectivity index (χ0n) is 14.4. The van der Waals surface area contributed by atoms with Crippen LogP contribution in [-0.2, 0) is 0 Å². The van der Waals surface area contributed by atoms with E-state index >= 15 is 0 Å². The third kappa shape index (κ3) is 4.22. The molecule has 0 spiro atoms. The molecule has 4 nitrogen and oxygen atoms in total. The predicted molar refractivity (Wildman–Crippen MR) is 96.0 cm³/mol. The number of ketones is 1. The first-order valence-corrected chi connectivity index (χ1v) is 8.29. The Kier molecular flexibility index (Phi) is 6.13. The van der Waals surface area contributed by atoms with Gasteiger partial charge in [0.15, 0.2) is 5.78 Å². The van der Waals surface area contributed by atoms with Crippen molar-refractivity contribution in [3.05, 3.63) is 59.7 Å². The molecule has 0 heterocycles. The van der Waals surface area contributed by atoms with Gasteiger partial charge >= 0.3 is 5.97 Å². The van der Waals surface area contributed by atoms with Crippen LogP contribution < -0.4 is 9.64 Å². The Labute approximate surface area is 143 Å². The summed E-state index contributed by atoms with van der Waals surface area (Å²) in [6.45, 7) is 7.85. The largest absolute Gasteiger partial charge is 0.423 e. The van der Waals surface area contributed by atoms with Crippen LogP contribution in [0.2, 0.25) is 0 Å². The molecule has 24 heavy (non-hydrogen) atoms. The number of anilines is 1. The lowest BCUT2D eigenvalue weighted by Crippen LogP contribution is -2.21. The molecular weight excluding hydrogens is 302 g/mol. The van der Waals surface area contributed by atoms with E-state index < -0.39 is 5.97 Å². The number of carbonyl (C=O) groups is 2. The molecule has 0 aromatic heterocycles. The van der Waals surface area contributed by atoms with E-state index in [1.54, 1.807) is 36.4 Å². The van der Waals surface area contributed by atoms with Crippen LogP contribution in [0.25, 0.3) is 0 Å². The van der Waals surface area contributed by atoms with Gasteiger partial charge < -0.3 is 9.64 Å². The maximum Gasteiger partial charge on any atom is 0.343 e. The summed E-state index contributed by atoms with van der Waals surface area (Å²) in [6, 6.07) is 14.0. The number of esters is 1. The van der Waals surface area contributed by atoms with E-state index in [0.717, 1.165) is 18.8 Å². The quantitative estimate of drug-likeness (QED) is 0.431. The molecule has 0 aliphatic carbocycles. The van der Waals surface area contributed by atoms with Crippen LogP contribution in [0.5, 0.6) is 5.75 Å². The number of nitrogens with zero attached hydrogens (tertiary/aromatic N) is 1. The molecule has 0 unspecified atom stereocenters. The Bertz CT molecular complexity index is 686. The summed E-state index contributed by atoms with van der Waals surface area (Å²) < 4.78 is 5.36. The van der Waals surface area contributed by atoms with Gasteiger partial charge in [-0.3, -0.25) is 4.79 Å². The summed E-state index contributed by atoms with van der Waals surface area (Å²) in [4.78, 5) is 26.0. The van der Waals surface area contributed by atoms with Crippen molar-refractivity contribution in [1.82, 2.24) is 0 Å². The van der Waals surface area contributed by atoms with Crippen LogP contribution in [0.3, 0.4) is 0 Å². The molecule has 0 fully saturated rings. The normalized spacial score (nSPS) is 10.3. The highest BCUT2D eigenvalue weighted by molar-refractivity contribution is 5.96. The lowest BCUT2D eigenvalue weighted by atomic mass is 10.1. The highest BCUT2D eigenvalue weighted by Gasteiger charge is 2.10. The van der Waals surface area contributed by atoms with E-state index in [0.29, 0.717) is 23.3 Å². The van der Waals surface area contributed by atoms with Gasteiger partial charge in [0.1, 0.15) is 5.75 Å². The second-order valence-corrected chi connectivity index (χ2v) is 5.41. The second-order valence-electron chi connectivity index (χ2n) is 5.41. The number of Topliss-reactive ketones (excluding diaryl/α,β-unsaturated/α-hetero) is 1. The van der Waals surface area contributed by atoms with Crippen molar-refractivity contribution in [1.29, 1.82) is 0 Å². The minimum absolute atomic E-state index is 0.0693. The Hall–Kier alpha value is -2.62. The Morgan fingerprint density at radius 1 is 0.833 bits per heavy atom. The SMILES string of the molecule is CCC(=O)c1ccc(OC(=O)c2ccc(N(CC)CC)cc2)cc1. The standard InChI is InChI=1S/C20H23NO3/c1-4-19(22)15-9-13-18(14-10-15)24-20(23)16-7-11-17(12-8-16)21(5-2)6-3/h7-14H,4-6H2,1-3H3. The zero-order chi connectivity index (χ0) is 17.5. The van der Waals surface area contributed by atoms with Crippen LogP contribution >= 0.6 is 0 Å². The van der Waals surface area contributed by atoms with Gasteiger partial charge in [-0.1, -0.05) is 6.92 Å². The molecule has 0 aliphatic heterocycles. The van der Waals surface area contributed by atoms with E-state index in [1.165, 1.54) is 0 Å². The number of hydrogen-bond acceptors (Lipinski definition) is 4. The topological polar surface area (TPSA) is 46.6 Å². The zero-order valence-corrected chi connectivity index (χ0v) is 14.4. The van der Waals surface area contributed by atoms with E-state index in [-0.39, 0.29) is 5.78 Å². The lowest BCUT2D eigenvalue weighted by molar-refractivity contribution is 0.0734. The van der Waals surface area contributed by atoms with Gasteiger partial charge in [0.2, 0.25) is 0 Å². The average Bonchev–Trinajstić information content (AvgIpc) is 2.63. The summed E-state index contributed by atoms with van der Waals surface area (Å²) in [5, 5.41) is 0. The van der Waals surface area contributed by atoms with Crippen LogP contribution in [0.4, 0.5) is 5.69 Å². The van der Waals surface area contributed by atoms with Crippen LogP contribution in [0, 0.1) is 0 Å². The van der Waals surface area contributed by atoms with Gasteiger partial charge in [0, 0.05) is 30.8 Å². The van der Waals surface area contributed by atoms with E-state index in [1.807, 2.05) is 19.1 Å². The molecular formula is C20H23NO3. The van der Waals surface area contributed by atoms with E-state index in [4.69, 9.17) is 4.74 Å². The van der Waals surface area contributed by atoms with Crippen molar-refractivity contribution < 1.29 is 14.3 Å². The summed E-state index contributed by atoms with van der Waals surface area (Å²) >= 11 is 0. The van der Waals surface area contributed by atoms with Gasteiger partial charge in [-0.25, -0.2) is 4.79 Å². The Balaban J connectivity index is 2.05. The monoisotopic (exact) mass is 325 g/mol. The van der Waals surface area contributed by atoms with Gasteiger partial charge in [0.25, 0.3) is 0 Å². The third-order valence-corrected chi connectivity index (χ3v) is 3.94. The number of rotatable bonds is 7. The maximum absolute atomic E-state index is 12.2. The van der Waals surface area contributed by atoms with Gasteiger partial charge in [-0.15, -0.1) is 0 Å². The minimum Gasteiger partial charge on any atom is -0.423 e. The Morgan fingerprint density at radius 3 is 1.88 bits per heavy atom. The molecule has 0 atom stereocenters. The van der Waals surface area contributed by atoms with E-state index in [2.05, 4.69) is 18.7 Å². The number of ether oxygens (including phenoxy) is 1. The number of benzene rings is 2. The fourth-order valence-corrected chi connectivity index (χ4v) is 2.48. The minimum atomic E-state index is -0.407. The first-order valence-electron chi connectivity index (χ1n) is 8.29. The molecule has 0 amide bonds. The fraction of sp³-hybridized carbons (Fsp3) is 0.300. The molecule has 0 bridgehead atoms. The highest BCUT2D eigenvalue weighted by Crippen LogP contribution is 2.18. The molecule has 2 rings (SSSR count). The first kappa shape index (κ1) is 17.7. The average molecular weight is 325 g/mol. The smallest absolute Gasteiger partial charge is 0.343 e.